The van der Waals surface area contributed by atoms with Gasteiger partial charge in [0.1, 0.15) is 17.3 Å². The van der Waals surface area contributed by atoms with Crippen LogP contribution in [0.5, 0.6) is 5.75 Å². The summed E-state index contributed by atoms with van der Waals surface area (Å²) in [6, 6.07) is 8.47. The average Bonchev–Trinajstić information content (AvgIpc) is 3.66. The van der Waals surface area contributed by atoms with E-state index in [0.29, 0.717) is 34.2 Å². The molecule has 1 amide bonds. The molecule has 2 aliphatic rings. The number of aromatic amines is 1. The Bertz CT molecular complexity index is 1990. The van der Waals surface area contributed by atoms with Gasteiger partial charge in [-0.3, -0.25) is 14.2 Å². The Morgan fingerprint density at radius 1 is 1.07 bits per heavy atom. The van der Waals surface area contributed by atoms with E-state index in [1.54, 1.807) is 18.2 Å². The summed E-state index contributed by atoms with van der Waals surface area (Å²) in [5.41, 5.74) is 0.870. The number of benzene rings is 2. The van der Waals surface area contributed by atoms with Gasteiger partial charge in [-0.2, -0.15) is 4.39 Å². The predicted molar refractivity (Wildman–Crippen MR) is 148 cm³/mol. The van der Waals surface area contributed by atoms with Gasteiger partial charge >= 0.3 is 0 Å². The molecule has 0 saturated heterocycles. The number of carbonyl (C=O) groups is 1. The molecule has 2 aromatic carbocycles. The van der Waals surface area contributed by atoms with E-state index in [1.165, 1.54) is 33.6 Å². The molecule has 2 N–H and O–H groups in total. The van der Waals surface area contributed by atoms with E-state index in [1.807, 2.05) is 6.92 Å². The fraction of sp³-hybridized carbons (Fsp3) is 0.185. The van der Waals surface area contributed by atoms with Crippen molar-refractivity contribution in [2.24, 2.45) is 0 Å². The predicted octanol–water partition coefficient (Wildman–Crippen LogP) is 4.89. The van der Waals surface area contributed by atoms with Crippen LogP contribution in [0.4, 0.5) is 14.5 Å². The molecule has 2 aliphatic heterocycles. The number of imidazole rings is 1. The maximum Gasteiger partial charge on any atom is 0.262 e. The van der Waals surface area contributed by atoms with Gasteiger partial charge in [-0.05, 0) is 36.8 Å². The van der Waals surface area contributed by atoms with E-state index in [9.17, 15) is 9.59 Å². The molecule has 0 radical (unpaired) electrons. The van der Waals surface area contributed by atoms with Crippen molar-refractivity contribution in [2.75, 3.05) is 11.9 Å². The molecule has 3 aromatic heterocycles. The first-order valence-corrected chi connectivity index (χ1v) is 13.5. The molecule has 11 nitrogen and oxygen atoms in total. The first-order valence-electron chi connectivity index (χ1n) is 12.7. The highest BCUT2D eigenvalue weighted by Gasteiger charge is 2.35. The molecule has 42 heavy (non-hydrogen) atoms. The second-order valence-corrected chi connectivity index (χ2v) is 10.8. The minimum absolute atomic E-state index is 0.130. The number of fused-ring (bicyclic) bond motifs is 2. The zero-order chi connectivity index (χ0) is 29.3. The molecule has 5 aromatic rings. The number of hydrogen-bond donors (Lipinski definition) is 2. The molecule has 0 bridgehead atoms. The Morgan fingerprint density at radius 3 is 2.69 bits per heavy atom. The Morgan fingerprint density at radius 2 is 1.90 bits per heavy atom. The third-order valence-corrected chi connectivity index (χ3v) is 7.65. The largest absolute Gasteiger partial charge is 0.478 e. The number of anilines is 1. The molecule has 0 spiro atoms. The number of carbonyl (C=O) groups excluding carboxylic acids is 1. The van der Waals surface area contributed by atoms with Crippen LogP contribution < -0.4 is 15.6 Å². The van der Waals surface area contributed by atoms with E-state index >= 15 is 8.78 Å². The number of rotatable bonds is 4. The fourth-order valence-corrected chi connectivity index (χ4v) is 5.68. The van der Waals surface area contributed by atoms with Crippen LogP contribution in [0, 0.1) is 11.8 Å². The normalized spacial score (nSPS) is 17.5. The van der Waals surface area contributed by atoms with Crippen LogP contribution in [0.15, 0.2) is 47.4 Å². The minimum Gasteiger partial charge on any atom is -0.478 e. The highest BCUT2D eigenvalue weighted by molar-refractivity contribution is 6.31. The molecule has 2 atom stereocenters. The van der Waals surface area contributed by atoms with E-state index in [2.05, 4.69) is 25.6 Å². The molecule has 212 valence electrons. The Labute approximate surface area is 245 Å². The van der Waals surface area contributed by atoms with Crippen molar-refractivity contribution in [1.82, 2.24) is 34.5 Å². The summed E-state index contributed by atoms with van der Waals surface area (Å²) in [5.74, 6) is -2.02. The SMILES string of the molecule is C[C@@H]1C[C@@H](c2nc(F)c(-c3ccc4c(c3F)OCC(=O)N4)[nH]2)n2c1nc(-c1cc(Cl)ccc1-n1cc(Cl)nn1)cc2=O. The first-order chi connectivity index (χ1) is 20.2. The first kappa shape index (κ1) is 26.3. The van der Waals surface area contributed by atoms with Crippen LogP contribution in [0.25, 0.3) is 28.2 Å². The summed E-state index contributed by atoms with van der Waals surface area (Å²) >= 11 is 12.3. The van der Waals surface area contributed by atoms with E-state index in [-0.39, 0.29) is 46.2 Å². The monoisotopic (exact) mass is 610 g/mol. The van der Waals surface area contributed by atoms with Crippen molar-refractivity contribution < 1.29 is 18.3 Å². The zero-order valence-electron chi connectivity index (χ0n) is 21.5. The smallest absolute Gasteiger partial charge is 0.262 e. The number of ether oxygens (including phenoxy) is 1. The molecule has 5 heterocycles. The standard InChI is InChI=1S/C27H18Cl2F2N8O3/c1-11-6-18(26-34-23(25(31)35-26)13-3-4-15-24(22(13)30)42-10-20(40)32-15)39-21(41)8-16(33-27(11)39)14-7-12(28)2-5-17(14)38-9-19(29)36-37-38/h2-5,7-9,11,18H,6,10H2,1H3,(H,32,40)(H,34,35)/t11-,18+/m1/s1. The maximum absolute atomic E-state index is 15.3. The number of nitrogens with one attached hydrogen (secondary N) is 2. The molecule has 15 heteroatoms. The number of amides is 1. The van der Waals surface area contributed by atoms with Gasteiger partial charge in [0.15, 0.2) is 23.3 Å². The van der Waals surface area contributed by atoms with Crippen molar-refractivity contribution in [2.45, 2.75) is 25.3 Å². The number of H-pyrrole nitrogens is 1. The van der Waals surface area contributed by atoms with Crippen LogP contribution >= 0.6 is 23.2 Å². The van der Waals surface area contributed by atoms with Crippen molar-refractivity contribution >= 4 is 34.8 Å². The molecule has 0 aliphatic carbocycles. The molecule has 7 rings (SSSR count). The van der Waals surface area contributed by atoms with E-state index < -0.39 is 29.3 Å². The zero-order valence-corrected chi connectivity index (χ0v) is 23.0. The van der Waals surface area contributed by atoms with E-state index in [0.717, 1.165) is 0 Å². The maximum atomic E-state index is 15.3. The highest BCUT2D eigenvalue weighted by atomic mass is 35.5. The quantitative estimate of drug-likeness (QED) is 0.296. The van der Waals surface area contributed by atoms with Gasteiger partial charge in [0, 0.05) is 28.1 Å². The van der Waals surface area contributed by atoms with Gasteiger partial charge in [-0.1, -0.05) is 35.3 Å². The molecular weight excluding hydrogens is 593 g/mol. The second-order valence-electron chi connectivity index (χ2n) is 9.94. The summed E-state index contributed by atoms with van der Waals surface area (Å²) in [7, 11) is 0. The van der Waals surface area contributed by atoms with Crippen LogP contribution in [-0.4, -0.2) is 47.0 Å². The fourth-order valence-electron chi connectivity index (χ4n) is 5.38. The van der Waals surface area contributed by atoms with Gasteiger partial charge < -0.3 is 15.0 Å². The van der Waals surface area contributed by atoms with Crippen LogP contribution in [0.3, 0.4) is 0 Å². The van der Waals surface area contributed by atoms with Gasteiger partial charge in [0.05, 0.1) is 29.3 Å². The van der Waals surface area contributed by atoms with Gasteiger partial charge in [-0.15, -0.1) is 5.10 Å². The summed E-state index contributed by atoms with van der Waals surface area (Å²) < 4.78 is 38.6. The minimum atomic E-state index is -0.947. The lowest BCUT2D eigenvalue weighted by molar-refractivity contribution is -0.118. The summed E-state index contributed by atoms with van der Waals surface area (Å²) in [6.07, 6.45) is 1.91. The third kappa shape index (κ3) is 4.23. The molecule has 0 fully saturated rings. The van der Waals surface area contributed by atoms with Gasteiger partial charge in [-0.25, -0.2) is 19.0 Å². The summed E-state index contributed by atoms with van der Waals surface area (Å²) in [5, 5.41) is 10.9. The Hall–Kier alpha value is -4.62. The van der Waals surface area contributed by atoms with Crippen LogP contribution in [0.2, 0.25) is 10.2 Å². The average molecular weight is 611 g/mol. The molecule has 0 unspecified atom stereocenters. The number of hydrogen-bond acceptors (Lipinski definition) is 7. The summed E-state index contributed by atoms with van der Waals surface area (Å²) in [6.45, 7) is 1.54. The summed E-state index contributed by atoms with van der Waals surface area (Å²) in [4.78, 5) is 36.8. The second kappa shape index (κ2) is 9.74. The number of aromatic nitrogens is 7. The van der Waals surface area contributed by atoms with Gasteiger partial charge in [0.2, 0.25) is 5.95 Å². The third-order valence-electron chi connectivity index (χ3n) is 7.24. The van der Waals surface area contributed by atoms with Crippen molar-refractivity contribution in [3.63, 3.8) is 0 Å². The number of nitrogens with zero attached hydrogens (tertiary/aromatic N) is 6. The van der Waals surface area contributed by atoms with Gasteiger partial charge in [0.25, 0.3) is 11.5 Å². The lowest BCUT2D eigenvalue weighted by Crippen LogP contribution is -2.26. The topological polar surface area (TPSA) is 133 Å². The molecular formula is C27H18Cl2F2N8O3. The van der Waals surface area contributed by atoms with Crippen LogP contribution in [-0.2, 0) is 4.79 Å². The van der Waals surface area contributed by atoms with Crippen molar-refractivity contribution in [3.05, 3.63) is 86.5 Å². The lowest BCUT2D eigenvalue weighted by atomic mass is 10.1. The Balaban J connectivity index is 1.29. The van der Waals surface area contributed by atoms with Crippen molar-refractivity contribution in [3.8, 4) is 34.0 Å². The highest BCUT2D eigenvalue weighted by Crippen LogP contribution is 2.41. The molecule has 0 saturated carbocycles. The van der Waals surface area contributed by atoms with E-state index in [4.69, 9.17) is 32.9 Å². The lowest BCUT2D eigenvalue weighted by Gasteiger charge is -2.19. The van der Waals surface area contributed by atoms with Crippen LogP contribution in [0.1, 0.15) is 37.0 Å². The van der Waals surface area contributed by atoms with Crippen molar-refractivity contribution in [1.29, 1.82) is 0 Å². The Kier molecular flexibility index (Phi) is 6.10. The number of halogens is 4.